The van der Waals surface area contributed by atoms with Gasteiger partial charge in [0.2, 0.25) is 0 Å². The summed E-state index contributed by atoms with van der Waals surface area (Å²) in [6.07, 6.45) is 6.92. The highest BCUT2D eigenvalue weighted by molar-refractivity contribution is 5.80. The van der Waals surface area contributed by atoms with Gasteiger partial charge >= 0.3 is 0 Å². The van der Waals surface area contributed by atoms with Crippen molar-refractivity contribution >= 4 is 5.78 Å². The first kappa shape index (κ1) is 14.6. The molecule has 15 heavy (non-hydrogen) atoms. The summed E-state index contributed by atoms with van der Waals surface area (Å²) >= 11 is 0. The molecule has 0 aromatic rings. The van der Waals surface area contributed by atoms with Gasteiger partial charge in [0.25, 0.3) is 0 Å². The molecule has 0 aromatic carbocycles. The Morgan fingerprint density at radius 2 is 1.67 bits per heavy atom. The lowest BCUT2D eigenvalue weighted by Gasteiger charge is -2.04. The number of hydrogen-bond acceptors (Lipinski definition) is 2. The molecule has 2 heteroatoms. The van der Waals surface area contributed by atoms with Crippen LogP contribution in [0.2, 0.25) is 0 Å². The Kier molecular flexibility index (Phi) is 9.91. The van der Waals surface area contributed by atoms with Crippen LogP contribution in [0, 0.1) is 5.92 Å². The maximum Gasteiger partial charge on any atom is 0.135 e. The van der Waals surface area contributed by atoms with E-state index < -0.39 is 0 Å². The van der Waals surface area contributed by atoms with E-state index in [1.807, 2.05) is 13.8 Å². The van der Waals surface area contributed by atoms with Gasteiger partial charge in [0.05, 0.1) is 0 Å². The first-order valence-electron chi connectivity index (χ1n) is 6.42. The molecule has 0 amide bonds. The third-order valence-corrected chi connectivity index (χ3v) is 2.67. The lowest BCUT2D eigenvalue weighted by atomic mass is 10.0. The van der Waals surface area contributed by atoms with Crippen molar-refractivity contribution < 1.29 is 4.79 Å². The van der Waals surface area contributed by atoms with E-state index in [4.69, 9.17) is 0 Å². The standard InChI is InChI=1S/C13H27NO/c1-4-14-11-9-7-5-6-8-10-13(15)12(2)3/h12,14H,4-11H2,1-3H3. The van der Waals surface area contributed by atoms with Crippen LogP contribution in [0.15, 0.2) is 0 Å². The van der Waals surface area contributed by atoms with Crippen LogP contribution >= 0.6 is 0 Å². The fourth-order valence-corrected chi connectivity index (χ4v) is 1.55. The first-order chi connectivity index (χ1) is 7.18. The number of unbranched alkanes of at least 4 members (excludes halogenated alkanes) is 4. The molecule has 0 aliphatic rings. The van der Waals surface area contributed by atoms with Gasteiger partial charge in [0.15, 0.2) is 0 Å². The minimum Gasteiger partial charge on any atom is -0.317 e. The first-order valence-corrected chi connectivity index (χ1v) is 6.42. The highest BCUT2D eigenvalue weighted by Gasteiger charge is 2.05. The highest BCUT2D eigenvalue weighted by atomic mass is 16.1. The molecule has 90 valence electrons. The molecule has 2 nitrogen and oxygen atoms in total. The normalized spacial score (nSPS) is 10.9. The molecule has 0 atom stereocenters. The van der Waals surface area contributed by atoms with Gasteiger partial charge in [0, 0.05) is 12.3 Å². The minimum absolute atomic E-state index is 0.221. The Morgan fingerprint density at radius 3 is 2.27 bits per heavy atom. The van der Waals surface area contributed by atoms with Crippen LogP contribution in [-0.4, -0.2) is 18.9 Å². The third-order valence-electron chi connectivity index (χ3n) is 2.67. The molecule has 0 unspecified atom stereocenters. The van der Waals surface area contributed by atoms with Crippen molar-refractivity contribution in [2.45, 2.75) is 59.3 Å². The molecule has 0 heterocycles. The lowest BCUT2D eigenvalue weighted by molar-refractivity contribution is -0.122. The molecular weight excluding hydrogens is 186 g/mol. The van der Waals surface area contributed by atoms with Gasteiger partial charge in [-0.25, -0.2) is 0 Å². The van der Waals surface area contributed by atoms with Crippen molar-refractivity contribution in [1.29, 1.82) is 0 Å². The number of rotatable bonds is 10. The zero-order valence-corrected chi connectivity index (χ0v) is 10.6. The smallest absolute Gasteiger partial charge is 0.135 e. The summed E-state index contributed by atoms with van der Waals surface area (Å²) in [7, 11) is 0. The van der Waals surface area contributed by atoms with Crippen LogP contribution in [0.5, 0.6) is 0 Å². The number of carbonyl (C=O) groups excluding carboxylic acids is 1. The molecule has 0 spiro atoms. The molecule has 1 N–H and O–H groups in total. The molecule has 0 aromatic heterocycles. The fourth-order valence-electron chi connectivity index (χ4n) is 1.55. The van der Waals surface area contributed by atoms with Gasteiger partial charge in [-0.1, -0.05) is 40.0 Å². The topological polar surface area (TPSA) is 29.1 Å². The largest absolute Gasteiger partial charge is 0.317 e. The van der Waals surface area contributed by atoms with E-state index in [0.29, 0.717) is 5.78 Å². The lowest BCUT2D eigenvalue weighted by Crippen LogP contribution is -2.13. The molecular formula is C13H27NO. The summed E-state index contributed by atoms with van der Waals surface area (Å²) in [5.74, 6) is 0.640. The Hall–Kier alpha value is -0.370. The molecule has 0 aliphatic carbocycles. The number of Topliss-reactive ketones (excluding diaryl/α,β-unsaturated/α-hetero) is 1. The predicted octanol–water partition coefficient (Wildman–Crippen LogP) is 3.16. The molecule has 0 rings (SSSR count). The second-order valence-electron chi connectivity index (χ2n) is 4.49. The maximum atomic E-state index is 11.3. The van der Waals surface area contributed by atoms with Crippen LogP contribution in [0.1, 0.15) is 59.3 Å². The quantitative estimate of drug-likeness (QED) is 0.565. The van der Waals surface area contributed by atoms with Crippen LogP contribution in [0.3, 0.4) is 0 Å². The Bertz CT molecular complexity index is 155. The minimum atomic E-state index is 0.221. The van der Waals surface area contributed by atoms with E-state index in [0.717, 1.165) is 25.9 Å². The molecule has 0 fully saturated rings. The molecule has 0 saturated heterocycles. The number of hydrogen-bond donors (Lipinski definition) is 1. The summed E-state index contributed by atoms with van der Waals surface area (Å²) < 4.78 is 0. The monoisotopic (exact) mass is 213 g/mol. The second-order valence-corrected chi connectivity index (χ2v) is 4.49. The third kappa shape index (κ3) is 9.92. The SMILES string of the molecule is CCNCCCCCCCC(=O)C(C)C. The Balaban J connectivity index is 3.08. The van der Waals surface area contributed by atoms with Gasteiger partial charge in [-0.2, -0.15) is 0 Å². The van der Waals surface area contributed by atoms with Crippen LogP contribution in [-0.2, 0) is 4.79 Å². The Morgan fingerprint density at radius 1 is 1.07 bits per heavy atom. The van der Waals surface area contributed by atoms with Crippen molar-refractivity contribution in [2.75, 3.05) is 13.1 Å². The molecule has 0 bridgehead atoms. The summed E-state index contributed by atoms with van der Waals surface area (Å²) in [4.78, 5) is 11.3. The second kappa shape index (κ2) is 10.2. The van der Waals surface area contributed by atoms with Gasteiger partial charge in [-0.3, -0.25) is 4.79 Å². The van der Waals surface area contributed by atoms with Crippen molar-refractivity contribution in [3.63, 3.8) is 0 Å². The zero-order chi connectivity index (χ0) is 11.5. The summed E-state index contributed by atoms with van der Waals surface area (Å²) in [5.41, 5.74) is 0. The van der Waals surface area contributed by atoms with E-state index in [1.165, 1.54) is 25.7 Å². The summed E-state index contributed by atoms with van der Waals surface area (Å²) in [6, 6.07) is 0. The van der Waals surface area contributed by atoms with Gasteiger partial charge in [-0.05, 0) is 25.9 Å². The highest BCUT2D eigenvalue weighted by Crippen LogP contribution is 2.08. The van der Waals surface area contributed by atoms with Crippen molar-refractivity contribution in [2.24, 2.45) is 5.92 Å². The van der Waals surface area contributed by atoms with E-state index >= 15 is 0 Å². The average molecular weight is 213 g/mol. The Labute approximate surface area is 94.8 Å². The van der Waals surface area contributed by atoms with Crippen LogP contribution in [0.4, 0.5) is 0 Å². The maximum absolute atomic E-state index is 11.3. The van der Waals surface area contributed by atoms with Gasteiger partial charge in [-0.15, -0.1) is 0 Å². The zero-order valence-electron chi connectivity index (χ0n) is 10.6. The van der Waals surface area contributed by atoms with Crippen LogP contribution in [0.25, 0.3) is 0 Å². The number of nitrogens with one attached hydrogen (secondary N) is 1. The van der Waals surface area contributed by atoms with Crippen molar-refractivity contribution in [1.82, 2.24) is 5.32 Å². The number of ketones is 1. The molecule has 0 saturated carbocycles. The molecule has 0 aliphatic heterocycles. The number of carbonyl (C=O) groups is 1. The summed E-state index contributed by atoms with van der Waals surface area (Å²) in [5, 5.41) is 3.32. The van der Waals surface area contributed by atoms with E-state index in [9.17, 15) is 4.79 Å². The van der Waals surface area contributed by atoms with Crippen LogP contribution < -0.4 is 5.32 Å². The van der Waals surface area contributed by atoms with E-state index in [2.05, 4.69) is 12.2 Å². The summed E-state index contributed by atoms with van der Waals surface area (Å²) in [6.45, 7) is 8.32. The van der Waals surface area contributed by atoms with Crippen molar-refractivity contribution in [3.05, 3.63) is 0 Å². The fraction of sp³-hybridized carbons (Fsp3) is 0.923. The van der Waals surface area contributed by atoms with Gasteiger partial charge in [0.1, 0.15) is 5.78 Å². The van der Waals surface area contributed by atoms with E-state index in [1.54, 1.807) is 0 Å². The molecule has 0 radical (unpaired) electrons. The van der Waals surface area contributed by atoms with Gasteiger partial charge < -0.3 is 5.32 Å². The average Bonchev–Trinajstić information content (AvgIpc) is 2.21. The van der Waals surface area contributed by atoms with E-state index in [-0.39, 0.29) is 5.92 Å². The van der Waals surface area contributed by atoms with Crippen molar-refractivity contribution in [3.8, 4) is 0 Å². The predicted molar refractivity (Wildman–Crippen MR) is 66.1 cm³/mol.